The van der Waals surface area contributed by atoms with Crippen LogP contribution in [0.1, 0.15) is 25.8 Å². The lowest BCUT2D eigenvalue weighted by Gasteiger charge is -2.16. The third-order valence-electron chi connectivity index (χ3n) is 3.41. The fraction of sp³-hybridized carbons (Fsp3) is 0.389. The number of carbonyl (C=O) groups is 1. The molecule has 1 aromatic carbocycles. The maximum absolute atomic E-state index is 12.0. The number of aromatic nitrogens is 2. The van der Waals surface area contributed by atoms with E-state index in [2.05, 4.69) is 20.6 Å². The van der Waals surface area contributed by atoms with Crippen LogP contribution >= 0.6 is 0 Å². The van der Waals surface area contributed by atoms with Crippen LogP contribution in [-0.2, 0) is 4.79 Å². The Hall–Kier alpha value is -2.63. The highest BCUT2D eigenvalue weighted by Crippen LogP contribution is 2.25. The molecule has 0 bridgehead atoms. The van der Waals surface area contributed by atoms with E-state index in [0.717, 1.165) is 22.8 Å². The van der Waals surface area contributed by atoms with Gasteiger partial charge in [-0.15, -0.1) is 0 Å². The molecule has 1 aromatic heterocycles. The van der Waals surface area contributed by atoms with Gasteiger partial charge in [0, 0.05) is 32.3 Å². The number of hydrogen-bond donors (Lipinski definition) is 2. The van der Waals surface area contributed by atoms with Crippen LogP contribution in [0.3, 0.4) is 0 Å². The molecule has 0 spiro atoms. The van der Waals surface area contributed by atoms with Gasteiger partial charge in [-0.3, -0.25) is 4.79 Å². The number of amides is 1. The van der Waals surface area contributed by atoms with Crippen molar-refractivity contribution < 1.29 is 4.79 Å². The van der Waals surface area contributed by atoms with Crippen LogP contribution in [0.2, 0.25) is 0 Å². The Morgan fingerprint density at radius 3 is 2.50 bits per heavy atom. The Bertz CT molecular complexity index is 712. The molecule has 6 nitrogen and oxygen atoms in total. The van der Waals surface area contributed by atoms with Crippen LogP contribution in [0, 0.1) is 12.8 Å². The topological polar surface area (TPSA) is 70.1 Å². The largest absolute Gasteiger partial charge is 0.362 e. The van der Waals surface area contributed by atoms with Gasteiger partial charge in [-0.05, 0) is 25.0 Å². The van der Waals surface area contributed by atoms with Crippen LogP contribution < -0.4 is 15.5 Å². The molecule has 0 saturated carbocycles. The molecule has 0 atom stereocenters. The van der Waals surface area contributed by atoms with Crippen molar-refractivity contribution in [3.05, 3.63) is 36.0 Å². The summed E-state index contributed by atoms with van der Waals surface area (Å²) in [5.74, 6) is 1.66. The zero-order chi connectivity index (χ0) is 17.7. The Morgan fingerprint density at radius 1 is 1.21 bits per heavy atom. The fourth-order valence-corrected chi connectivity index (χ4v) is 2.34. The number of para-hydroxylation sites is 2. The summed E-state index contributed by atoms with van der Waals surface area (Å²) in [5.41, 5.74) is 2.49. The van der Waals surface area contributed by atoms with Gasteiger partial charge in [0.05, 0.1) is 11.4 Å². The van der Waals surface area contributed by atoms with E-state index < -0.39 is 0 Å². The first-order chi connectivity index (χ1) is 11.4. The zero-order valence-corrected chi connectivity index (χ0v) is 14.9. The highest BCUT2D eigenvalue weighted by molar-refractivity contribution is 5.94. The molecule has 1 heterocycles. The molecule has 0 aliphatic heterocycles. The molecule has 6 heteroatoms. The summed E-state index contributed by atoms with van der Waals surface area (Å²) in [5, 5.41) is 6.13. The van der Waals surface area contributed by atoms with Crippen molar-refractivity contribution in [2.24, 2.45) is 5.92 Å². The summed E-state index contributed by atoms with van der Waals surface area (Å²) in [4.78, 5) is 22.8. The first-order valence-corrected chi connectivity index (χ1v) is 8.03. The molecule has 0 radical (unpaired) electrons. The standard InChI is InChI=1S/C18H25N5O/c1-12(2)10-16(24)20-14-8-6-7-9-15(14)21-18-19-11-13(3)17(22-18)23(4)5/h6-9,11-12H,10H2,1-5H3,(H,20,24)(H,19,21,22). The van der Waals surface area contributed by atoms with Gasteiger partial charge in [-0.25, -0.2) is 4.98 Å². The summed E-state index contributed by atoms with van der Waals surface area (Å²) in [6.07, 6.45) is 2.27. The molecular formula is C18H25N5O. The second-order valence-corrected chi connectivity index (χ2v) is 6.41. The number of anilines is 4. The Kier molecular flexibility index (Phi) is 5.73. The molecule has 2 N–H and O–H groups in total. The van der Waals surface area contributed by atoms with Crippen molar-refractivity contribution in [3.8, 4) is 0 Å². The SMILES string of the molecule is Cc1cnc(Nc2ccccc2NC(=O)CC(C)C)nc1N(C)C. The lowest BCUT2D eigenvalue weighted by Crippen LogP contribution is -2.16. The average molecular weight is 327 g/mol. The maximum Gasteiger partial charge on any atom is 0.229 e. The molecule has 2 aromatic rings. The number of nitrogens with zero attached hydrogens (tertiary/aromatic N) is 3. The van der Waals surface area contributed by atoms with E-state index in [1.165, 1.54) is 0 Å². The first-order valence-electron chi connectivity index (χ1n) is 8.03. The average Bonchev–Trinajstić information content (AvgIpc) is 2.50. The maximum atomic E-state index is 12.0. The minimum Gasteiger partial charge on any atom is -0.362 e. The van der Waals surface area contributed by atoms with E-state index >= 15 is 0 Å². The van der Waals surface area contributed by atoms with Crippen LogP contribution in [0.4, 0.5) is 23.1 Å². The van der Waals surface area contributed by atoms with Crippen molar-refractivity contribution in [2.75, 3.05) is 29.6 Å². The molecule has 24 heavy (non-hydrogen) atoms. The van der Waals surface area contributed by atoms with E-state index in [1.54, 1.807) is 6.20 Å². The molecule has 0 fully saturated rings. The smallest absolute Gasteiger partial charge is 0.229 e. The van der Waals surface area contributed by atoms with Gasteiger partial charge >= 0.3 is 0 Å². The first kappa shape index (κ1) is 17.7. The second-order valence-electron chi connectivity index (χ2n) is 6.41. The molecule has 0 saturated heterocycles. The van der Waals surface area contributed by atoms with Crippen LogP contribution in [0.5, 0.6) is 0 Å². The van der Waals surface area contributed by atoms with Crippen molar-refractivity contribution in [2.45, 2.75) is 27.2 Å². The number of carbonyl (C=O) groups excluding carboxylic acids is 1. The van der Waals surface area contributed by atoms with Gasteiger partial charge in [-0.2, -0.15) is 4.98 Å². The molecule has 1 amide bonds. The molecule has 0 aliphatic carbocycles. The Morgan fingerprint density at radius 2 is 1.88 bits per heavy atom. The fourth-order valence-electron chi connectivity index (χ4n) is 2.34. The lowest BCUT2D eigenvalue weighted by atomic mass is 10.1. The molecule has 0 unspecified atom stereocenters. The van der Waals surface area contributed by atoms with E-state index in [9.17, 15) is 4.79 Å². The van der Waals surface area contributed by atoms with E-state index in [1.807, 2.05) is 64.0 Å². The quantitative estimate of drug-likeness (QED) is 0.848. The number of hydrogen-bond acceptors (Lipinski definition) is 5. The van der Waals surface area contributed by atoms with Crippen LogP contribution in [0.15, 0.2) is 30.5 Å². The van der Waals surface area contributed by atoms with Crippen LogP contribution in [-0.4, -0.2) is 30.0 Å². The molecule has 0 aliphatic rings. The molecule has 2 rings (SSSR count). The monoisotopic (exact) mass is 327 g/mol. The third kappa shape index (κ3) is 4.68. The van der Waals surface area contributed by atoms with Gasteiger partial charge in [0.2, 0.25) is 11.9 Å². The van der Waals surface area contributed by atoms with E-state index in [0.29, 0.717) is 18.3 Å². The number of aryl methyl sites for hydroxylation is 1. The van der Waals surface area contributed by atoms with Crippen molar-refractivity contribution in [1.29, 1.82) is 0 Å². The predicted octanol–water partition coefficient (Wildman–Crippen LogP) is 3.58. The van der Waals surface area contributed by atoms with Gasteiger partial charge < -0.3 is 15.5 Å². The van der Waals surface area contributed by atoms with Gasteiger partial charge in [0.1, 0.15) is 5.82 Å². The zero-order valence-electron chi connectivity index (χ0n) is 14.9. The van der Waals surface area contributed by atoms with Gasteiger partial charge in [-0.1, -0.05) is 26.0 Å². The second kappa shape index (κ2) is 7.77. The Labute approximate surface area is 143 Å². The van der Waals surface area contributed by atoms with E-state index in [-0.39, 0.29) is 5.91 Å². The number of nitrogens with one attached hydrogen (secondary N) is 2. The highest BCUT2D eigenvalue weighted by Gasteiger charge is 2.11. The minimum atomic E-state index is -0.00180. The molecular weight excluding hydrogens is 302 g/mol. The number of rotatable bonds is 6. The van der Waals surface area contributed by atoms with E-state index in [4.69, 9.17) is 0 Å². The summed E-state index contributed by atoms with van der Waals surface area (Å²) in [7, 11) is 3.89. The van der Waals surface area contributed by atoms with Crippen molar-refractivity contribution in [1.82, 2.24) is 9.97 Å². The summed E-state index contributed by atoms with van der Waals surface area (Å²) in [6.45, 7) is 6.01. The van der Waals surface area contributed by atoms with Crippen molar-refractivity contribution in [3.63, 3.8) is 0 Å². The number of benzene rings is 1. The highest BCUT2D eigenvalue weighted by atomic mass is 16.1. The minimum absolute atomic E-state index is 0.00180. The Balaban J connectivity index is 2.21. The lowest BCUT2D eigenvalue weighted by molar-refractivity contribution is -0.116. The third-order valence-corrected chi connectivity index (χ3v) is 3.41. The molecule has 128 valence electrons. The van der Waals surface area contributed by atoms with Gasteiger partial charge in [0.15, 0.2) is 0 Å². The predicted molar refractivity (Wildman–Crippen MR) is 98.9 cm³/mol. The van der Waals surface area contributed by atoms with Crippen LogP contribution in [0.25, 0.3) is 0 Å². The van der Waals surface area contributed by atoms with Crippen molar-refractivity contribution >= 4 is 29.0 Å². The summed E-state index contributed by atoms with van der Waals surface area (Å²) < 4.78 is 0. The normalized spacial score (nSPS) is 10.6. The summed E-state index contributed by atoms with van der Waals surface area (Å²) in [6, 6.07) is 7.55. The van der Waals surface area contributed by atoms with Gasteiger partial charge in [0.25, 0.3) is 0 Å². The summed E-state index contributed by atoms with van der Waals surface area (Å²) >= 11 is 0.